The van der Waals surface area contributed by atoms with E-state index in [1.54, 1.807) is 0 Å². The quantitative estimate of drug-likeness (QED) is 0.134. The van der Waals surface area contributed by atoms with Gasteiger partial charge >= 0.3 is 0 Å². The normalized spacial score (nSPS) is 10.7. The number of unbranched alkanes of at least 4 members (excludes halogenated alkanes) is 18. The van der Waals surface area contributed by atoms with Crippen LogP contribution in [-0.2, 0) is 0 Å². The molecule has 1 heteroatoms. The van der Waals surface area contributed by atoms with Crippen LogP contribution >= 0.6 is 0 Å². The van der Waals surface area contributed by atoms with Crippen molar-refractivity contribution in [2.75, 3.05) is 0 Å². The van der Waals surface area contributed by atoms with Gasteiger partial charge in [0.25, 0.3) is 0 Å². The summed E-state index contributed by atoms with van der Waals surface area (Å²) in [6.07, 6.45) is 34.5. The van der Waals surface area contributed by atoms with Crippen molar-refractivity contribution in [2.45, 2.75) is 176 Å². The first kappa shape index (κ1) is 35.6. The topological polar surface area (TPSA) is 23.8 Å². The van der Waals surface area contributed by atoms with E-state index in [1.807, 2.05) is 6.92 Å². The van der Waals surface area contributed by atoms with Crippen LogP contribution in [0.3, 0.4) is 0 Å². The molecule has 0 aliphatic carbocycles. The molecule has 1 atom stereocenters. The van der Waals surface area contributed by atoms with Crippen LogP contribution in [0.1, 0.15) is 176 Å². The fraction of sp³-hybridized carbons (Fsp3) is 0.903. The Balaban J connectivity index is -0.000000464. The molecule has 0 aromatic carbocycles. The highest BCUT2D eigenvalue weighted by Gasteiger charge is 1.98. The van der Waals surface area contributed by atoms with Gasteiger partial charge in [0.05, 0.1) is 6.07 Å². The molecular weight excluding hydrogens is 386 g/mol. The summed E-state index contributed by atoms with van der Waals surface area (Å²) >= 11 is 0. The smallest absolute Gasteiger partial charge is 0.0652 e. The molecule has 32 heavy (non-hydrogen) atoms. The van der Waals surface area contributed by atoms with Gasteiger partial charge in [-0.2, -0.15) is 5.26 Å². The maximum absolute atomic E-state index is 8.65. The molecule has 0 rings (SSSR count). The van der Waals surface area contributed by atoms with Crippen LogP contribution in [0.25, 0.3) is 0 Å². The van der Waals surface area contributed by atoms with Crippen LogP contribution in [0, 0.1) is 29.6 Å². The van der Waals surface area contributed by atoms with Gasteiger partial charge in [0.1, 0.15) is 0 Å². The molecule has 0 heterocycles. The van der Waals surface area contributed by atoms with Crippen molar-refractivity contribution in [3.8, 4) is 18.4 Å². The first-order valence-electron chi connectivity index (χ1n) is 14.5. The molecule has 0 amide bonds. The Morgan fingerprint density at radius 3 is 1.16 bits per heavy atom. The van der Waals surface area contributed by atoms with Crippen molar-refractivity contribution in [3.63, 3.8) is 0 Å². The van der Waals surface area contributed by atoms with Crippen LogP contribution in [0.4, 0.5) is 0 Å². The van der Waals surface area contributed by atoms with Crippen molar-refractivity contribution in [2.24, 2.45) is 5.92 Å². The SMILES string of the molecule is C#CCCCCC.CCCCCCCC.CCCCCCCCCCCCCC(C)C#N. The standard InChI is InChI=1S/C16H31N.C8H18.C7H12/c1-3-4-5-6-7-8-9-10-11-12-13-14-16(2)15-17;1-3-5-7-8-6-4-2;1-3-5-7-6-4-2/h16H,3-14H2,1-2H3;3-8H2,1-2H3;1H,4-7H2,2H3. The molecule has 1 nitrogen and oxygen atoms in total. The molecule has 1 unspecified atom stereocenters. The number of terminal acetylenes is 1. The average Bonchev–Trinajstić information content (AvgIpc) is 2.81. The van der Waals surface area contributed by atoms with Crippen LogP contribution in [-0.4, -0.2) is 0 Å². The van der Waals surface area contributed by atoms with E-state index in [4.69, 9.17) is 11.7 Å². The van der Waals surface area contributed by atoms with Gasteiger partial charge in [0, 0.05) is 12.3 Å². The van der Waals surface area contributed by atoms with Crippen LogP contribution in [0.2, 0.25) is 0 Å². The van der Waals surface area contributed by atoms with Gasteiger partial charge < -0.3 is 0 Å². The van der Waals surface area contributed by atoms with Crippen molar-refractivity contribution >= 4 is 0 Å². The zero-order valence-electron chi connectivity index (χ0n) is 23.2. The molecule has 0 aliphatic rings. The third kappa shape index (κ3) is 43.0. The molecule has 0 radical (unpaired) electrons. The molecule has 0 saturated carbocycles. The Bertz CT molecular complexity index is 367. The van der Waals surface area contributed by atoms with Crippen molar-refractivity contribution in [1.82, 2.24) is 0 Å². The lowest BCUT2D eigenvalue weighted by molar-refractivity contribution is 0.527. The molecule has 0 aromatic heterocycles. The minimum absolute atomic E-state index is 0.258. The molecule has 0 aliphatic heterocycles. The summed E-state index contributed by atoms with van der Waals surface area (Å²) in [6.45, 7) is 11.0. The lowest BCUT2D eigenvalue weighted by Gasteiger charge is -2.03. The van der Waals surface area contributed by atoms with E-state index in [-0.39, 0.29) is 5.92 Å². The monoisotopic (exact) mass is 447 g/mol. The highest BCUT2D eigenvalue weighted by atomic mass is 14.3. The fourth-order valence-electron chi connectivity index (χ4n) is 3.51. The van der Waals surface area contributed by atoms with Crippen LogP contribution in [0.5, 0.6) is 0 Å². The van der Waals surface area contributed by atoms with E-state index in [0.717, 1.165) is 12.8 Å². The molecule has 0 saturated heterocycles. The Morgan fingerprint density at radius 2 is 0.844 bits per heavy atom. The number of nitrogens with zero attached hydrogens (tertiary/aromatic N) is 1. The van der Waals surface area contributed by atoms with Crippen molar-refractivity contribution in [1.29, 1.82) is 5.26 Å². The van der Waals surface area contributed by atoms with E-state index in [0.29, 0.717) is 0 Å². The summed E-state index contributed by atoms with van der Waals surface area (Å²) < 4.78 is 0. The summed E-state index contributed by atoms with van der Waals surface area (Å²) in [6, 6.07) is 2.30. The third-order valence-corrected chi connectivity index (χ3v) is 5.84. The summed E-state index contributed by atoms with van der Waals surface area (Å²) in [4.78, 5) is 0. The lowest BCUT2D eigenvalue weighted by atomic mass is 10.0. The van der Waals surface area contributed by atoms with Gasteiger partial charge in [-0.3, -0.25) is 0 Å². The van der Waals surface area contributed by atoms with Gasteiger partial charge in [0.2, 0.25) is 0 Å². The van der Waals surface area contributed by atoms with Crippen molar-refractivity contribution < 1.29 is 0 Å². The number of hydrogen-bond acceptors (Lipinski definition) is 1. The predicted octanol–water partition coefficient (Wildman–Crippen LogP) is 11.4. The second-order valence-electron chi connectivity index (χ2n) is 9.43. The third-order valence-electron chi connectivity index (χ3n) is 5.84. The summed E-state index contributed by atoms with van der Waals surface area (Å²) in [7, 11) is 0. The molecule has 0 fully saturated rings. The highest BCUT2D eigenvalue weighted by Crippen LogP contribution is 2.13. The Labute approximate surface area is 205 Å². The Morgan fingerprint density at radius 1 is 0.531 bits per heavy atom. The van der Waals surface area contributed by atoms with Crippen LogP contribution < -0.4 is 0 Å². The highest BCUT2D eigenvalue weighted by molar-refractivity contribution is 4.82. The van der Waals surface area contributed by atoms with Crippen molar-refractivity contribution in [3.05, 3.63) is 0 Å². The summed E-state index contributed by atoms with van der Waals surface area (Å²) in [5.41, 5.74) is 0. The molecule has 0 aromatic rings. The minimum atomic E-state index is 0.258. The Kier molecular flexibility index (Phi) is 41.6. The van der Waals surface area contributed by atoms with E-state index >= 15 is 0 Å². The first-order chi connectivity index (χ1) is 15.6. The first-order valence-corrected chi connectivity index (χ1v) is 14.5. The Hall–Kier alpha value is -0.950. The molecular formula is C31H61N. The summed E-state index contributed by atoms with van der Waals surface area (Å²) in [5, 5.41) is 8.65. The van der Waals surface area contributed by atoms with E-state index < -0.39 is 0 Å². The van der Waals surface area contributed by atoms with E-state index in [9.17, 15) is 0 Å². The summed E-state index contributed by atoms with van der Waals surface area (Å²) in [5.74, 6) is 2.86. The fourth-order valence-corrected chi connectivity index (χ4v) is 3.51. The molecule has 0 N–H and O–H groups in total. The predicted molar refractivity (Wildman–Crippen MR) is 148 cm³/mol. The number of hydrogen-bond donors (Lipinski definition) is 0. The van der Waals surface area contributed by atoms with Gasteiger partial charge in [-0.25, -0.2) is 0 Å². The number of rotatable bonds is 20. The minimum Gasteiger partial charge on any atom is -0.198 e. The van der Waals surface area contributed by atoms with Gasteiger partial charge in [-0.15, -0.1) is 12.3 Å². The molecule has 0 bridgehead atoms. The zero-order chi connectivity index (χ0) is 24.5. The lowest BCUT2D eigenvalue weighted by Crippen LogP contribution is -1.89. The van der Waals surface area contributed by atoms with E-state index in [1.165, 1.54) is 128 Å². The second kappa shape index (κ2) is 37.4. The maximum atomic E-state index is 8.65. The molecule has 0 spiro atoms. The van der Waals surface area contributed by atoms with Gasteiger partial charge in [0.15, 0.2) is 0 Å². The van der Waals surface area contributed by atoms with Gasteiger partial charge in [-0.05, 0) is 19.8 Å². The van der Waals surface area contributed by atoms with E-state index in [2.05, 4.69) is 39.7 Å². The second-order valence-corrected chi connectivity index (χ2v) is 9.43. The van der Waals surface area contributed by atoms with Gasteiger partial charge in [-0.1, -0.05) is 150 Å². The molecule has 190 valence electrons. The average molecular weight is 448 g/mol. The largest absolute Gasteiger partial charge is 0.198 e. The zero-order valence-corrected chi connectivity index (χ0v) is 23.2. The maximum Gasteiger partial charge on any atom is 0.0652 e. The van der Waals surface area contributed by atoms with Crippen LogP contribution in [0.15, 0.2) is 0 Å². The number of nitriles is 1.